The number of ether oxygens (including phenoxy) is 1. The van der Waals surface area contributed by atoms with Gasteiger partial charge in [-0.15, -0.1) is 0 Å². The summed E-state index contributed by atoms with van der Waals surface area (Å²) in [6, 6.07) is 28.1. The van der Waals surface area contributed by atoms with E-state index in [4.69, 9.17) is 4.74 Å². The van der Waals surface area contributed by atoms with Crippen LogP contribution in [0.2, 0.25) is 0 Å². The molecule has 2 N–H and O–H groups in total. The number of nitrogens with one attached hydrogen (secondary N) is 2. The zero-order valence-electron chi connectivity index (χ0n) is 16.0. The van der Waals surface area contributed by atoms with Crippen molar-refractivity contribution in [3.05, 3.63) is 108 Å². The molecule has 29 heavy (non-hydrogen) atoms. The zero-order chi connectivity index (χ0) is 20.5. The minimum atomic E-state index is -0.453. The van der Waals surface area contributed by atoms with Gasteiger partial charge in [-0.3, -0.25) is 4.79 Å². The third-order valence-electron chi connectivity index (χ3n) is 4.38. The number of nitrogens with zero attached hydrogens (tertiary/aromatic N) is 1. The Hall–Kier alpha value is -4.04. The van der Waals surface area contributed by atoms with Crippen LogP contribution in [-0.4, -0.2) is 13.0 Å². The second-order valence-corrected chi connectivity index (χ2v) is 6.27. The maximum Gasteiger partial charge on any atom is 0.264 e. The minimum Gasteiger partial charge on any atom is -0.497 e. The van der Waals surface area contributed by atoms with E-state index in [-0.39, 0.29) is 11.6 Å². The first-order valence-electron chi connectivity index (χ1n) is 9.13. The molecule has 0 atom stereocenters. The summed E-state index contributed by atoms with van der Waals surface area (Å²) in [4.78, 5) is 12.8. The lowest BCUT2D eigenvalue weighted by molar-refractivity contribution is -0.117. The van der Waals surface area contributed by atoms with E-state index < -0.39 is 5.91 Å². The predicted octanol–water partition coefficient (Wildman–Crippen LogP) is 4.42. The van der Waals surface area contributed by atoms with Crippen molar-refractivity contribution in [3.8, 4) is 11.8 Å². The van der Waals surface area contributed by atoms with Crippen molar-refractivity contribution in [2.45, 2.75) is 6.04 Å². The lowest BCUT2D eigenvalue weighted by Gasteiger charge is -2.19. The van der Waals surface area contributed by atoms with Crippen LogP contribution in [0.5, 0.6) is 5.75 Å². The molecule has 0 saturated heterocycles. The van der Waals surface area contributed by atoms with Gasteiger partial charge in [-0.25, -0.2) is 0 Å². The zero-order valence-corrected chi connectivity index (χ0v) is 16.0. The fraction of sp³-hybridized carbons (Fsp3) is 0.0833. The lowest BCUT2D eigenvalue weighted by atomic mass is 9.98. The lowest BCUT2D eigenvalue weighted by Crippen LogP contribution is -2.30. The standard InChI is InChI=1S/C24H21N3O2/c1-29-22-14-12-21(13-15-22)26-17-20(16-25)24(28)27-23(18-8-4-2-5-9-18)19-10-6-3-7-11-19/h2-15,17,23,26H,1H3,(H,27,28)/b20-17-. The maximum absolute atomic E-state index is 12.8. The number of carbonyl (C=O) groups is 1. The van der Waals surface area contributed by atoms with Crippen molar-refractivity contribution in [1.29, 1.82) is 5.26 Å². The molecule has 3 aromatic carbocycles. The molecule has 0 aromatic heterocycles. The summed E-state index contributed by atoms with van der Waals surface area (Å²) in [5, 5.41) is 15.4. The number of hydrogen-bond acceptors (Lipinski definition) is 4. The molecule has 3 aromatic rings. The molecule has 0 saturated carbocycles. The van der Waals surface area contributed by atoms with Crippen LogP contribution in [0, 0.1) is 11.3 Å². The van der Waals surface area contributed by atoms with Crippen molar-refractivity contribution in [1.82, 2.24) is 5.32 Å². The highest BCUT2D eigenvalue weighted by Gasteiger charge is 2.19. The Morgan fingerprint density at radius 1 is 0.931 bits per heavy atom. The van der Waals surface area contributed by atoms with E-state index in [2.05, 4.69) is 10.6 Å². The first-order valence-corrected chi connectivity index (χ1v) is 9.13. The van der Waals surface area contributed by atoms with Gasteiger partial charge in [0.25, 0.3) is 5.91 Å². The van der Waals surface area contributed by atoms with Crippen molar-refractivity contribution in [2.24, 2.45) is 0 Å². The number of benzene rings is 3. The molecule has 0 unspecified atom stereocenters. The molecule has 1 amide bonds. The number of anilines is 1. The molecule has 0 spiro atoms. The Morgan fingerprint density at radius 3 is 1.97 bits per heavy atom. The molecular formula is C24H21N3O2. The Balaban J connectivity index is 1.79. The van der Waals surface area contributed by atoms with Gasteiger partial charge in [0.15, 0.2) is 0 Å². The number of nitriles is 1. The first-order chi connectivity index (χ1) is 14.2. The largest absolute Gasteiger partial charge is 0.497 e. The smallest absolute Gasteiger partial charge is 0.264 e. The fourth-order valence-corrected chi connectivity index (χ4v) is 2.85. The summed E-state index contributed by atoms with van der Waals surface area (Å²) in [6.07, 6.45) is 1.41. The van der Waals surface area contributed by atoms with Gasteiger partial charge in [0.2, 0.25) is 0 Å². The van der Waals surface area contributed by atoms with Crippen molar-refractivity contribution < 1.29 is 9.53 Å². The molecule has 3 rings (SSSR count). The number of hydrogen-bond donors (Lipinski definition) is 2. The highest BCUT2D eigenvalue weighted by atomic mass is 16.5. The molecule has 0 radical (unpaired) electrons. The second-order valence-electron chi connectivity index (χ2n) is 6.27. The molecule has 0 fully saturated rings. The van der Waals surface area contributed by atoms with Gasteiger partial charge < -0.3 is 15.4 Å². The third kappa shape index (κ3) is 5.24. The van der Waals surface area contributed by atoms with Gasteiger partial charge >= 0.3 is 0 Å². The molecule has 0 aliphatic carbocycles. The summed E-state index contributed by atoms with van der Waals surface area (Å²) in [5.74, 6) is 0.276. The highest BCUT2D eigenvalue weighted by Crippen LogP contribution is 2.22. The van der Waals surface area contributed by atoms with E-state index in [1.165, 1.54) is 6.20 Å². The molecule has 0 heterocycles. The van der Waals surface area contributed by atoms with E-state index >= 15 is 0 Å². The Bertz CT molecular complexity index is 968. The van der Waals surface area contributed by atoms with Crippen LogP contribution in [0.25, 0.3) is 0 Å². The average molecular weight is 383 g/mol. The third-order valence-corrected chi connectivity index (χ3v) is 4.38. The van der Waals surface area contributed by atoms with E-state index in [9.17, 15) is 10.1 Å². The van der Waals surface area contributed by atoms with Gasteiger partial charge in [-0.05, 0) is 35.4 Å². The van der Waals surface area contributed by atoms with E-state index in [0.717, 1.165) is 22.6 Å². The maximum atomic E-state index is 12.8. The predicted molar refractivity (Wildman–Crippen MR) is 113 cm³/mol. The van der Waals surface area contributed by atoms with Crippen molar-refractivity contribution in [3.63, 3.8) is 0 Å². The quantitative estimate of drug-likeness (QED) is 0.468. The van der Waals surface area contributed by atoms with Crippen LogP contribution in [-0.2, 0) is 4.79 Å². The van der Waals surface area contributed by atoms with E-state index in [1.54, 1.807) is 31.4 Å². The number of amides is 1. The summed E-state index contributed by atoms with van der Waals surface area (Å²) >= 11 is 0. The number of rotatable bonds is 7. The summed E-state index contributed by atoms with van der Waals surface area (Å²) in [5.41, 5.74) is 2.60. The normalized spacial score (nSPS) is 10.9. The van der Waals surface area contributed by atoms with Gasteiger partial charge in [0.05, 0.1) is 13.2 Å². The molecular weight excluding hydrogens is 362 g/mol. The van der Waals surface area contributed by atoms with Gasteiger partial charge in [-0.1, -0.05) is 60.7 Å². The molecule has 0 bridgehead atoms. The number of carbonyl (C=O) groups excluding carboxylic acids is 1. The van der Waals surface area contributed by atoms with Crippen LogP contribution >= 0.6 is 0 Å². The van der Waals surface area contributed by atoms with E-state index in [0.29, 0.717) is 0 Å². The van der Waals surface area contributed by atoms with Gasteiger partial charge in [0.1, 0.15) is 17.4 Å². The molecule has 5 nitrogen and oxygen atoms in total. The molecule has 0 aliphatic heterocycles. The SMILES string of the molecule is COc1ccc(N/C=C(/C#N)C(=O)NC(c2ccccc2)c2ccccc2)cc1. The van der Waals surface area contributed by atoms with Crippen LogP contribution < -0.4 is 15.4 Å². The average Bonchev–Trinajstić information content (AvgIpc) is 2.79. The highest BCUT2D eigenvalue weighted by molar-refractivity contribution is 5.98. The van der Waals surface area contributed by atoms with Gasteiger partial charge in [0, 0.05) is 11.9 Å². The first kappa shape index (κ1) is 19.7. The van der Waals surface area contributed by atoms with Crippen LogP contribution in [0.1, 0.15) is 17.2 Å². The second kappa shape index (κ2) is 9.77. The summed E-state index contributed by atoms with van der Waals surface area (Å²) in [7, 11) is 1.59. The summed E-state index contributed by atoms with van der Waals surface area (Å²) in [6.45, 7) is 0. The molecule has 0 aliphatic rings. The van der Waals surface area contributed by atoms with Crippen LogP contribution in [0.3, 0.4) is 0 Å². The number of methoxy groups -OCH3 is 1. The van der Waals surface area contributed by atoms with E-state index in [1.807, 2.05) is 66.7 Å². The van der Waals surface area contributed by atoms with Gasteiger partial charge in [-0.2, -0.15) is 5.26 Å². The van der Waals surface area contributed by atoms with Crippen molar-refractivity contribution >= 4 is 11.6 Å². The molecule has 144 valence electrons. The Morgan fingerprint density at radius 2 is 1.48 bits per heavy atom. The Labute approximate surface area is 170 Å². The van der Waals surface area contributed by atoms with Crippen LogP contribution in [0.4, 0.5) is 5.69 Å². The Kier molecular flexibility index (Phi) is 6.64. The van der Waals surface area contributed by atoms with Crippen LogP contribution in [0.15, 0.2) is 96.7 Å². The molecule has 5 heteroatoms. The monoisotopic (exact) mass is 383 g/mol. The topological polar surface area (TPSA) is 74.1 Å². The minimum absolute atomic E-state index is 0.0160. The summed E-state index contributed by atoms with van der Waals surface area (Å²) < 4.78 is 5.12. The fourth-order valence-electron chi connectivity index (χ4n) is 2.85. The van der Waals surface area contributed by atoms with Crippen molar-refractivity contribution in [2.75, 3.05) is 12.4 Å².